The van der Waals surface area contributed by atoms with Crippen LogP contribution in [0.1, 0.15) is 38.4 Å². The molecule has 0 aliphatic heterocycles. The molecule has 4 nitrogen and oxygen atoms in total. The maximum Gasteiger partial charge on any atom is 0.0955 e. The molecule has 20 heavy (non-hydrogen) atoms. The van der Waals surface area contributed by atoms with Gasteiger partial charge in [0.2, 0.25) is 0 Å². The number of nitrogens with zero attached hydrogens (tertiary/aromatic N) is 2. The molecule has 0 saturated heterocycles. The van der Waals surface area contributed by atoms with Crippen molar-refractivity contribution in [1.29, 1.82) is 0 Å². The highest BCUT2D eigenvalue weighted by atomic mass is 16.3. The summed E-state index contributed by atoms with van der Waals surface area (Å²) in [6, 6.07) is 6.75. The van der Waals surface area contributed by atoms with Crippen LogP contribution in [0, 0.1) is 5.92 Å². The molecule has 4 heteroatoms. The summed E-state index contributed by atoms with van der Waals surface area (Å²) in [7, 11) is 1.98. The fourth-order valence-electron chi connectivity index (χ4n) is 2.71. The Bertz CT molecular complexity index is 601. The van der Waals surface area contributed by atoms with Gasteiger partial charge in [-0.1, -0.05) is 19.9 Å². The number of rotatable bonds is 5. The Kier molecular flexibility index (Phi) is 3.52. The van der Waals surface area contributed by atoms with Crippen molar-refractivity contribution in [2.75, 3.05) is 0 Å². The molecule has 1 heterocycles. The standard InChI is InChI=1S/C16H23N3O/c1-10(2)15(18-12-5-6-12)16(20)11-4-7-14-13(8-11)17-9-19(14)3/h4,7-10,12,15-16,18,20H,5-6H2,1-3H3. The predicted molar refractivity (Wildman–Crippen MR) is 80.5 cm³/mol. The van der Waals surface area contributed by atoms with Gasteiger partial charge in [-0.15, -0.1) is 0 Å². The van der Waals surface area contributed by atoms with Crippen molar-refractivity contribution in [1.82, 2.24) is 14.9 Å². The van der Waals surface area contributed by atoms with E-state index in [-0.39, 0.29) is 6.04 Å². The number of hydrogen-bond acceptors (Lipinski definition) is 3. The van der Waals surface area contributed by atoms with Gasteiger partial charge in [-0.25, -0.2) is 4.98 Å². The zero-order valence-electron chi connectivity index (χ0n) is 12.4. The van der Waals surface area contributed by atoms with Gasteiger partial charge in [0.25, 0.3) is 0 Å². The van der Waals surface area contributed by atoms with Gasteiger partial charge in [0.1, 0.15) is 0 Å². The monoisotopic (exact) mass is 273 g/mol. The summed E-state index contributed by atoms with van der Waals surface area (Å²) in [4.78, 5) is 4.37. The van der Waals surface area contributed by atoms with Crippen LogP contribution in [0.4, 0.5) is 0 Å². The number of nitrogens with one attached hydrogen (secondary N) is 1. The summed E-state index contributed by atoms with van der Waals surface area (Å²) in [5.74, 6) is 0.394. The fraction of sp³-hybridized carbons (Fsp3) is 0.562. The van der Waals surface area contributed by atoms with Crippen molar-refractivity contribution >= 4 is 11.0 Å². The largest absolute Gasteiger partial charge is 0.387 e. The second-order valence-corrected chi connectivity index (χ2v) is 6.26. The topological polar surface area (TPSA) is 50.1 Å². The van der Waals surface area contributed by atoms with E-state index < -0.39 is 6.10 Å². The van der Waals surface area contributed by atoms with E-state index in [2.05, 4.69) is 24.1 Å². The van der Waals surface area contributed by atoms with Gasteiger partial charge in [0, 0.05) is 19.1 Å². The maximum absolute atomic E-state index is 10.7. The van der Waals surface area contributed by atoms with Crippen LogP contribution in [0.5, 0.6) is 0 Å². The van der Waals surface area contributed by atoms with Crippen molar-refractivity contribution in [2.45, 2.75) is 44.9 Å². The van der Waals surface area contributed by atoms with Crippen molar-refractivity contribution in [2.24, 2.45) is 13.0 Å². The molecule has 0 spiro atoms. The Morgan fingerprint density at radius 2 is 2.10 bits per heavy atom. The first kappa shape index (κ1) is 13.6. The first-order valence-corrected chi connectivity index (χ1v) is 7.41. The van der Waals surface area contributed by atoms with Crippen LogP contribution in [-0.4, -0.2) is 26.7 Å². The lowest BCUT2D eigenvalue weighted by Crippen LogP contribution is -2.40. The van der Waals surface area contributed by atoms with Gasteiger partial charge in [0.15, 0.2) is 0 Å². The average molecular weight is 273 g/mol. The summed E-state index contributed by atoms with van der Waals surface area (Å²) in [6.45, 7) is 4.31. The molecule has 1 aliphatic carbocycles. The molecule has 2 aromatic rings. The molecular weight excluding hydrogens is 250 g/mol. The Morgan fingerprint density at radius 1 is 1.35 bits per heavy atom. The highest BCUT2D eigenvalue weighted by Crippen LogP contribution is 2.28. The molecule has 0 amide bonds. The molecule has 1 saturated carbocycles. The van der Waals surface area contributed by atoms with E-state index in [1.807, 2.05) is 36.1 Å². The number of aliphatic hydroxyl groups excluding tert-OH is 1. The number of aliphatic hydroxyl groups is 1. The van der Waals surface area contributed by atoms with E-state index in [1.165, 1.54) is 12.8 Å². The van der Waals surface area contributed by atoms with E-state index in [1.54, 1.807) is 0 Å². The molecule has 2 atom stereocenters. The van der Waals surface area contributed by atoms with E-state index in [0.717, 1.165) is 16.6 Å². The third-order valence-corrected chi connectivity index (χ3v) is 4.15. The van der Waals surface area contributed by atoms with Gasteiger partial charge >= 0.3 is 0 Å². The molecule has 2 unspecified atom stereocenters. The third-order valence-electron chi connectivity index (χ3n) is 4.15. The first-order valence-electron chi connectivity index (χ1n) is 7.41. The van der Waals surface area contributed by atoms with Crippen molar-refractivity contribution < 1.29 is 5.11 Å². The highest BCUT2D eigenvalue weighted by molar-refractivity contribution is 5.76. The molecule has 108 valence electrons. The highest BCUT2D eigenvalue weighted by Gasteiger charge is 2.31. The molecule has 1 aromatic heterocycles. The zero-order valence-corrected chi connectivity index (χ0v) is 12.4. The lowest BCUT2D eigenvalue weighted by molar-refractivity contribution is 0.104. The Morgan fingerprint density at radius 3 is 2.75 bits per heavy atom. The van der Waals surface area contributed by atoms with Crippen LogP contribution < -0.4 is 5.32 Å². The van der Waals surface area contributed by atoms with Crippen LogP contribution in [0.2, 0.25) is 0 Å². The Hall–Kier alpha value is -1.39. The number of aromatic nitrogens is 2. The van der Waals surface area contributed by atoms with E-state index in [0.29, 0.717) is 12.0 Å². The summed E-state index contributed by atoms with van der Waals surface area (Å²) >= 11 is 0. The van der Waals surface area contributed by atoms with Gasteiger partial charge in [-0.3, -0.25) is 0 Å². The van der Waals surface area contributed by atoms with E-state index in [9.17, 15) is 5.11 Å². The first-order chi connectivity index (χ1) is 9.56. The SMILES string of the molecule is CC(C)C(NC1CC1)C(O)c1ccc2c(c1)ncn2C. The molecule has 0 bridgehead atoms. The minimum atomic E-state index is -0.484. The minimum absolute atomic E-state index is 0.101. The molecule has 2 N–H and O–H groups in total. The summed E-state index contributed by atoms with van der Waals surface area (Å²) < 4.78 is 1.99. The van der Waals surface area contributed by atoms with Crippen molar-refractivity contribution in [3.05, 3.63) is 30.1 Å². The number of fused-ring (bicyclic) bond motifs is 1. The van der Waals surface area contributed by atoms with Gasteiger partial charge in [-0.2, -0.15) is 0 Å². The molecular formula is C16H23N3O. The van der Waals surface area contributed by atoms with Gasteiger partial charge in [0.05, 0.1) is 23.5 Å². The van der Waals surface area contributed by atoms with Crippen LogP contribution in [0.15, 0.2) is 24.5 Å². The van der Waals surface area contributed by atoms with Gasteiger partial charge in [-0.05, 0) is 36.5 Å². The minimum Gasteiger partial charge on any atom is -0.387 e. The molecule has 3 rings (SSSR count). The second-order valence-electron chi connectivity index (χ2n) is 6.26. The smallest absolute Gasteiger partial charge is 0.0955 e. The van der Waals surface area contributed by atoms with Crippen LogP contribution >= 0.6 is 0 Å². The summed E-state index contributed by atoms with van der Waals surface area (Å²) in [6.07, 6.45) is 3.79. The Balaban J connectivity index is 1.86. The number of imidazole rings is 1. The summed E-state index contributed by atoms with van der Waals surface area (Å²) in [5.41, 5.74) is 2.98. The lowest BCUT2D eigenvalue weighted by Gasteiger charge is -2.28. The Labute approximate surface area is 119 Å². The van der Waals surface area contributed by atoms with E-state index >= 15 is 0 Å². The van der Waals surface area contributed by atoms with Gasteiger partial charge < -0.3 is 15.0 Å². The zero-order chi connectivity index (χ0) is 14.3. The predicted octanol–water partition coefficient (Wildman–Crippen LogP) is 2.38. The van der Waals surface area contributed by atoms with Crippen molar-refractivity contribution in [3.8, 4) is 0 Å². The number of benzene rings is 1. The van der Waals surface area contributed by atoms with Crippen LogP contribution in [0.25, 0.3) is 11.0 Å². The molecule has 1 aromatic carbocycles. The van der Waals surface area contributed by atoms with Crippen molar-refractivity contribution in [3.63, 3.8) is 0 Å². The quantitative estimate of drug-likeness (QED) is 0.879. The summed E-state index contributed by atoms with van der Waals surface area (Å²) in [5, 5.41) is 14.3. The molecule has 1 aliphatic rings. The lowest BCUT2D eigenvalue weighted by atomic mass is 9.93. The fourth-order valence-corrected chi connectivity index (χ4v) is 2.71. The second kappa shape index (κ2) is 5.19. The van der Waals surface area contributed by atoms with Crippen LogP contribution in [-0.2, 0) is 7.05 Å². The molecule has 0 radical (unpaired) electrons. The third kappa shape index (κ3) is 2.58. The van der Waals surface area contributed by atoms with Crippen LogP contribution in [0.3, 0.4) is 0 Å². The van der Waals surface area contributed by atoms with E-state index in [4.69, 9.17) is 0 Å². The maximum atomic E-state index is 10.7. The normalized spacial score (nSPS) is 18.6. The molecule has 1 fully saturated rings. The number of hydrogen-bond donors (Lipinski definition) is 2. The average Bonchev–Trinajstić information content (AvgIpc) is 3.18. The number of aryl methyl sites for hydroxylation is 1.